The standard InChI is InChI=1S/C11H18F3NO/c1-7(2)15(8(3)4)9(16)10(5-6-10)11(12,13)14/h7-8H,5-6H2,1-4H3. The van der Waals surface area contributed by atoms with Crippen molar-refractivity contribution in [3.05, 3.63) is 0 Å². The fourth-order valence-electron chi connectivity index (χ4n) is 2.06. The number of carbonyl (C=O) groups is 1. The molecule has 1 rings (SSSR count). The Bertz CT molecular complexity index is 271. The highest BCUT2D eigenvalue weighted by Gasteiger charge is 2.69. The van der Waals surface area contributed by atoms with Gasteiger partial charge in [-0.25, -0.2) is 0 Å². The predicted molar refractivity (Wildman–Crippen MR) is 54.8 cm³/mol. The van der Waals surface area contributed by atoms with Crippen molar-refractivity contribution in [3.8, 4) is 0 Å². The van der Waals surface area contributed by atoms with Crippen molar-refractivity contribution in [2.24, 2.45) is 5.41 Å². The minimum atomic E-state index is -4.41. The van der Waals surface area contributed by atoms with E-state index < -0.39 is 17.5 Å². The van der Waals surface area contributed by atoms with Gasteiger partial charge in [0.2, 0.25) is 5.91 Å². The average molecular weight is 237 g/mol. The monoisotopic (exact) mass is 237 g/mol. The summed E-state index contributed by atoms with van der Waals surface area (Å²) in [7, 11) is 0. The van der Waals surface area contributed by atoms with Gasteiger partial charge in [-0.05, 0) is 40.5 Å². The topological polar surface area (TPSA) is 20.3 Å². The average Bonchev–Trinajstić information content (AvgIpc) is 2.79. The molecule has 0 atom stereocenters. The highest BCUT2D eigenvalue weighted by atomic mass is 19.4. The van der Waals surface area contributed by atoms with E-state index in [9.17, 15) is 18.0 Å². The van der Waals surface area contributed by atoms with Crippen LogP contribution in [0.25, 0.3) is 0 Å². The normalized spacial score (nSPS) is 19.1. The maximum atomic E-state index is 12.8. The smallest absolute Gasteiger partial charge is 0.337 e. The Kier molecular flexibility index (Phi) is 3.27. The fourth-order valence-corrected chi connectivity index (χ4v) is 2.06. The van der Waals surface area contributed by atoms with Crippen LogP contribution in [0, 0.1) is 5.41 Å². The minimum Gasteiger partial charge on any atom is -0.337 e. The van der Waals surface area contributed by atoms with Gasteiger partial charge in [0.15, 0.2) is 0 Å². The molecule has 1 saturated carbocycles. The predicted octanol–water partition coefficient (Wildman–Crippen LogP) is 2.97. The van der Waals surface area contributed by atoms with Crippen molar-refractivity contribution in [1.82, 2.24) is 4.90 Å². The van der Waals surface area contributed by atoms with Gasteiger partial charge < -0.3 is 4.90 Å². The lowest BCUT2D eigenvalue weighted by Crippen LogP contribution is -2.50. The van der Waals surface area contributed by atoms with Crippen LogP contribution in [0.2, 0.25) is 0 Å². The third kappa shape index (κ3) is 2.04. The van der Waals surface area contributed by atoms with Crippen LogP contribution in [0.1, 0.15) is 40.5 Å². The second-order valence-electron chi connectivity index (χ2n) is 4.98. The molecule has 1 aliphatic rings. The summed E-state index contributed by atoms with van der Waals surface area (Å²) in [6.07, 6.45) is -4.54. The Morgan fingerprint density at radius 3 is 1.69 bits per heavy atom. The third-order valence-electron chi connectivity index (χ3n) is 3.05. The van der Waals surface area contributed by atoms with Crippen LogP contribution in [-0.2, 0) is 4.79 Å². The van der Waals surface area contributed by atoms with E-state index in [-0.39, 0.29) is 24.9 Å². The Balaban J connectivity index is 2.93. The molecule has 0 aromatic rings. The van der Waals surface area contributed by atoms with Crippen molar-refractivity contribution in [2.45, 2.75) is 58.8 Å². The van der Waals surface area contributed by atoms with Crippen LogP contribution in [0.4, 0.5) is 13.2 Å². The summed E-state index contributed by atoms with van der Waals surface area (Å²) in [5.74, 6) is -0.759. The van der Waals surface area contributed by atoms with Crippen molar-refractivity contribution in [1.29, 1.82) is 0 Å². The number of amides is 1. The second kappa shape index (κ2) is 3.93. The molecule has 0 bridgehead atoms. The van der Waals surface area contributed by atoms with Crippen LogP contribution in [0.3, 0.4) is 0 Å². The minimum absolute atomic E-state index is 0.0642. The molecule has 0 saturated heterocycles. The maximum Gasteiger partial charge on any atom is 0.403 e. The summed E-state index contributed by atoms with van der Waals surface area (Å²) in [6, 6.07) is -0.403. The lowest BCUT2D eigenvalue weighted by molar-refractivity contribution is -0.200. The quantitative estimate of drug-likeness (QED) is 0.739. The Labute approximate surface area is 93.8 Å². The summed E-state index contributed by atoms with van der Waals surface area (Å²) < 4.78 is 38.4. The summed E-state index contributed by atoms with van der Waals surface area (Å²) in [4.78, 5) is 13.3. The van der Waals surface area contributed by atoms with Gasteiger partial charge in [0, 0.05) is 12.1 Å². The van der Waals surface area contributed by atoms with Crippen LogP contribution in [0.15, 0.2) is 0 Å². The number of halogens is 3. The van der Waals surface area contributed by atoms with Gasteiger partial charge in [-0.3, -0.25) is 4.79 Å². The van der Waals surface area contributed by atoms with Crippen molar-refractivity contribution < 1.29 is 18.0 Å². The molecule has 0 radical (unpaired) electrons. The fraction of sp³-hybridized carbons (Fsp3) is 0.909. The van der Waals surface area contributed by atoms with Gasteiger partial charge in [-0.1, -0.05) is 0 Å². The molecule has 1 fully saturated rings. The van der Waals surface area contributed by atoms with E-state index in [1.165, 1.54) is 4.90 Å². The Hall–Kier alpha value is -0.740. The number of carbonyl (C=O) groups excluding carboxylic acids is 1. The van der Waals surface area contributed by atoms with E-state index in [4.69, 9.17) is 0 Å². The van der Waals surface area contributed by atoms with E-state index in [2.05, 4.69) is 0 Å². The maximum absolute atomic E-state index is 12.8. The molecule has 5 heteroatoms. The summed E-state index contributed by atoms with van der Waals surface area (Å²) in [6.45, 7) is 6.96. The SMILES string of the molecule is CC(C)N(C(=O)C1(C(F)(F)F)CC1)C(C)C. The summed E-state index contributed by atoms with van der Waals surface area (Å²) >= 11 is 0. The van der Waals surface area contributed by atoms with Crippen molar-refractivity contribution in [3.63, 3.8) is 0 Å². The first-order chi connectivity index (χ1) is 7.13. The van der Waals surface area contributed by atoms with E-state index in [1.807, 2.05) is 0 Å². The zero-order chi connectivity index (χ0) is 12.7. The van der Waals surface area contributed by atoms with Gasteiger partial charge in [-0.2, -0.15) is 13.2 Å². The second-order valence-corrected chi connectivity index (χ2v) is 4.98. The number of rotatable bonds is 3. The van der Waals surface area contributed by atoms with E-state index in [0.29, 0.717) is 0 Å². The van der Waals surface area contributed by atoms with Crippen LogP contribution < -0.4 is 0 Å². The lowest BCUT2D eigenvalue weighted by atomic mass is 10.0. The van der Waals surface area contributed by atoms with Gasteiger partial charge in [0.1, 0.15) is 5.41 Å². The molecule has 1 aliphatic carbocycles. The van der Waals surface area contributed by atoms with E-state index >= 15 is 0 Å². The third-order valence-corrected chi connectivity index (χ3v) is 3.05. The van der Waals surface area contributed by atoms with E-state index in [0.717, 1.165) is 0 Å². The van der Waals surface area contributed by atoms with Gasteiger partial charge in [0.25, 0.3) is 0 Å². The molecule has 16 heavy (non-hydrogen) atoms. The Morgan fingerprint density at radius 1 is 1.12 bits per heavy atom. The number of alkyl halides is 3. The molecule has 1 amide bonds. The van der Waals surface area contributed by atoms with Crippen molar-refractivity contribution >= 4 is 5.91 Å². The largest absolute Gasteiger partial charge is 0.403 e. The molecule has 0 heterocycles. The number of hydrogen-bond donors (Lipinski definition) is 0. The molecule has 0 aromatic carbocycles. The zero-order valence-electron chi connectivity index (χ0n) is 10.1. The Morgan fingerprint density at radius 2 is 1.50 bits per heavy atom. The molecular weight excluding hydrogens is 219 g/mol. The first-order valence-corrected chi connectivity index (χ1v) is 5.53. The first kappa shape index (κ1) is 13.3. The summed E-state index contributed by atoms with van der Waals surface area (Å²) in [5, 5.41) is 0. The van der Waals surface area contributed by atoms with Crippen LogP contribution in [-0.4, -0.2) is 29.1 Å². The summed E-state index contributed by atoms with van der Waals surface area (Å²) in [5.41, 5.74) is -2.08. The molecule has 0 N–H and O–H groups in total. The molecule has 0 aliphatic heterocycles. The molecular formula is C11H18F3NO. The highest BCUT2D eigenvalue weighted by Crippen LogP contribution is 2.58. The lowest BCUT2D eigenvalue weighted by Gasteiger charge is -2.34. The van der Waals surface area contributed by atoms with Gasteiger partial charge in [-0.15, -0.1) is 0 Å². The molecule has 94 valence electrons. The number of nitrogens with zero attached hydrogens (tertiary/aromatic N) is 1. The first-order valence-electron chi connectivity index (χ1n) is 5.53. The van der Waals surface area contributed by atoms with Gasteiger partial charge >= 0.3 is 6.18 Å². The molecule has 0 aromatic heterocycles. The van der Waals surface area contributed by atoms with Crippen molar-refractivity contribution in [2.75, 3.05) is 0 Å². The van der Waals surface area contributed by atoms with Crippen LogP contribution in [0.5, 0.6) is 0 Å². The number of hydrogen-bond acceptors (Lipinski definition) is 1. The molecule has 2 nitrogen and oxygen atoms in total. The van der Waals surface area contributed by atoms with Crippen LogP contribution >= 0.6 is 0 Å². The van der Waals surface area contributed by atoms with E-state index in [1.54, 1.807) is 27.7 Å². The molecule has 0 unspecified atom stereocenters. The zero-order valence-corrected chi connectivity index (χ0v) is 10.1. The highest BCUT2D eigenvalue weighted by molar-refractivity contribution is 5.86. The van der Waals surface area contributed by atoms with Gasteiger partial charge in [0.05, 0.1) is 0 Å². The molecule has 0 spiro atoms.